The summed E-state index contributed by atoms with van der Waals surface area (Å²) >= 11 is 0. The fourth-order valence-corrected chi connectivity index (χ4v) is 1.16. The molecule has 0 fully saturated rings. The first-order valence-electron chi connectivity index (χ1n) is 3.89. The highest BCUT2D eigenvalue weighted by molar-refractivity contribution is 5.81. The summed E-state index contributed by atoms with van der Waals surface area (Å²) in [6.07, 6.45) is 6.58. The highest BCUT2D eigenvalue weighted by atomic mass is 16.5. The van der Waals surface area contributed by atoms with Crippen molar-refractivity contribution in [2.45, 2.75) is 12.0 Å². The van der Waals surface area contributed by atoms with Crippen LogP contribution < -0.4 is 0 Å². The fraction of sp³-hybridized carbons (Fsp3) is 0.222. The molecule has 15 heavy (non-hydrogen) atoms. The Hall–Kier alpha value is -2.47. The molecule has 0 aromatic carbocycles. The number of aliphatic carboxylic acids is 1. The van der Waals surface area contributed by atoms with Gasteiger partial charge >= 0.3 is 5.97 Å². The summed E-state index contributed by atoms with van der Waals surface area (Å²) < 4.78 is 8.99. The van der Waals surface area contributed by atoms with E-state index in [0.717, 1.165) is 0 Å². The Morgan fingerprint density at radius 2 is 2.27 bits per heavy atom. The number of nitriles is 2. The SMILES string of the molecule is N#COC1=CC=CC(OC#N)(C(=O)O)C1. The molecule has 1 atom stereocenters. The number of carboxylic acid groups (broad SMARTS) is 1. The van der Waals surface area contributed by atoms with Gasteiger partial charge in [0.1, 0.15) is 5.76 Å². The number of hydrogen-bond donors (Lipinski definition) is 1. The van der Waals surface area contributed by atoms with Crippen molar-refractivity contribution in [2.75, 3.05) is 0 Å². The first kappa shape index (κ1) is 10.6. The van der Waals surface area contributed by atoms with Crippen molar-refractivity contribution in [3.8, 4) is 12.5 Å². The molecule has 0 bridgehead atoms. The molecule has 1 aliphatic rings. The zero-order valence-electron chi connectivity index (χ0n) is 7.51. The molecule has 76 valence electrons. The Balaban J connectivity index is 2.94. The first-order valence-corrected chi connectivity index (χ1v) is 3.89. The van der Waals surface area contributed by atoms with Crippen LogP contribution in [0.1, 0.15) is 6.42 Å². The predicted octanol–water partition coefficient (Wildman–Crippen LogP) is 0.649. The number of rotatable bonds is 3. The zero-order valence-corrected chi connectivity index (χ0v) is 7.51. The highest BCUT2D eigenvalue weighted by Gasteiger charge is 2.41. The monoisotopic (exact) mass is 206 g/mol. The van der Waals surface area contributed by atoms with Crippen LogP contribution in [0.4, 0.5) is 0 Å². The van der Waals surface area contributed by atoms with Crippen LogP contribution in [0.15, 0.2) is 24.0 Å². The van der Waals surface area contributed by atoms with Crippen molar-refractivity contribution in [3.05, 3.63) is 24.0 Å². The van der Waals surface area contributed by atoms with Crippen molar-refractivity contribution in [3.63, 3.8) is 0 Å². The summed E-state index contributed by atoms with van der Waals surface area (Å²) in [4.78, 5) is 10.9. The van der Waals surface area contributed by atoms with Gasteiger partial charge in [0.2, 0.25) is 5.60 Å². The van der Waals surface area contributed by atoms with Crippen molar-refractivity contribution in [2.24, 2.45) is 0 Å². The Morgan fingerprint density at radius 3 is 2.80 bits per heavy atom. The van der Waals surface area contributed by atoms with E-state index < -0.39 is 11.6 Å². The Labute approximate surface area is 85.2 Å². The maximum absolute atomic E-state index is 10.9. The second-order valence-corrected chi connectivity index (χ2v) is 2.75. The van der Waals surface area contributed by atoms with Crippen molar-refractivity contribution < 1.29 is 19.4 Å². The maximum atomic E-state index is 10.9. The van der Waals surface area contributed by atoms with Gasteiger partial charge in [-0.1, -0.05) is 6.08 Å². The summed E-state index contributed by atoms with van der Waals surface area (Å²) in [7, 11) is 0. The van der Waals surface area contributed by atoms with Crippen molar-refractivity contribution in [1.82, 2.24) is 0 Å². The van der Waals surface area contributed by atoms with Gasteiger partial charge in [-0.25, -0.2) is 4.79 Å². The van der Waals surface area contributed by atoms with Crippen LogP contribution in [-0.2, 0) is 14.3 Å². The lowest BCUT2D eigenvalue weighted by Crippen LogP contribution is -2.40. The molecule has 0 saturated carbocycles. The van der Waals surface area contributed by atoms with E-state index in [1.807, 2.05) is 0 Å². The van der Waals surface area contributed by atoms with E-state index >= 15 is 0 Å². The van der Waals surface area contributed by atoms with E-state index in [1.165, 1.54) is 30.7 Å². The smallest absolute Gasteiger partial charge is 0.353 e. The van der Waals surface area contributed by atoms with Gasteiger partial charge in [-0.15, -0.1) is 5.26 Å². The van der Waals surface area contributed by atoms with Crippen molar-refractivity contribution >= 4 is 5.97 Å². The van der Waals surface area contributed by atoms with Gasteiger partial charge in [0.25, 0.3) is 12.5 Å². The molecule has 0 spiro atoms. The van der Waals surface area contributed by atoms with Crippen LogP contribution in [0.5, 0.6) is 0 Å². The molecule has 6 heteroatoms. The molecular weight excluding hydrogens is 200 g/mol. The quantitative estimate of drug-likeness (QED) is 0.680. The Kier molecular flexibility index (Phi) is 2.94. The van der Waals surface area contributed by atoms with E-state index in [2.05, 4.69) is 9.47 Å². The molecule has 0 amide bonds. The van der Waals surface area contributed by atoms with E-state index in [1.54, 1.807) is 0 Å². The van der Waals surface area contributed by atoms with Crippen LogP contribution >= 0.6 is 0 Å². The molecule has 0 aliphatic heterocycles. The van der Waals surface area contributed by atoms with Gasteiger partial charge in [-0.2, -0.15) is 5.26 Å². The Bertz CT molecular complexity index is 413. The fourth-order valence-electron chi connectivity index (χ4n) is 1.16. The molecule has 6 nitrogen and oxygen atoms in total. The number of carboxylic acids is 1. The van der Waals surface area contributed by atoms with Gasteiger partial charge in [0.05, 0.1) is 6.42 Å². The lowest BCUT2D eigenvalue weighted by molar-refractivity contribution is -0.153. The zero-order chi connectivity index (χ0) is 11.3. The molecule has 0 heterocycles. The first-order chi connectivity index (χ1) is 7.14. The third kappa shape index (κ3) is 2.06. The second-order valence-electron chi connectivity index (χ2n) is 2.75. The summed E-state index contributed by atoms with van der Waals surface area (Å²) in [6.45, 7) is 0. The number of hydrogen-bond acceptors (Lipinski definition) is 5. The lowest BCUT2D eigenvalue weighted by Gasteiger charge is -2.24. The molecule has 0 saturated heterocycles. The summed E-state index contributed by atoms with van der Waals surface area (Å²) in [5.74, 6) is -1.18. The lowest BCUT2D eigenvalue weighted by atomic mass is 9.94. The van der Waals surface area contributed by atoms with Gasteiger partial charge in [-0.3, -0.25) is 0 Å². The summed E-state index contributed by atoms with van der Waals surface area (Å²) in [5, 5.41) is 25.5. The van der Waals surface area contributed by atoms with Crippen LogP contribution in [-0.4, -0.2) is 16.7 Å². The van der Waals surface area contributed by atoms with Gasteiger partial charge in [0, 0.05) is 0 Å². The van der Waals surface area contributed by atoms with Gasteiger partial charge in [0.15, 0.2) is 0 Å². The molecule has 0 radical (unpaired) electrons. The molecular formula is C9H6N2O4. The molecule has 0 aromatic rings. The summed E-state index contributed by atoms with van der Waals surface area (Å²) in [5.41, 5.74) is -1.77. The van der Waals surface area contributed by atoms with Crippen LogP contribution in [0.25, 0.3) is 0 Å². The average Bonchev–Trinajstić information content (AvgIpc) is 2.19. The molecule has 1 N–H and O–H groups in total. The number of nitrogens with zero attached hydrogens (tertiary/aromatic N) is 2. The third-order valence-electron chi connectivity index (χ3n) is 1.85. The number of allylic oxidation sites excluding steroid dienone is 2. The normalized spacial score (nSPS) is 23.2. The molecule has 0 aromatic heterocycles. The van der Waals surface area contributed by atoms with E-state index in [0.29, 0.717) is 0 Å². The van der Waals surface area contributed by atoms with Gasteiger partial charge in [-0.05, 0) is 12.2 Å². The highest BCUT2D eigenvalue weighted by Crippen LogP contribution is 2.27. The predicted molar refractivity (Wildman–Crippen MR) is 45.6 cm³/mol. The van der Waals surface area contributed by atoms with E-state index in [4.69, 9.17) is 15.6 Å². The molecule has 1 aliphatic carbocycles. The maximum Gasteiger partial charge on any atom is 0.353 e. The standard InChI is InChI=1S/C9H6N2O4/c10-5-14-7-2-1-3-9(4-7,8(12)13)15-6-11/h1-3H,4H2,(H,12,13). The van der Waals surface area contributed by atoms with Crippen molar-refractivity contribution in [1.29, 1.82) is 10.5 Å². The number of ether oxygens (including phenoxy) is 2. The topological polar surface area (TPSA) is 103 Å². The third-order valence-corrected chi connectivity index (χ3v) is 1.85. The molecule has 1 rings (SSSR count). The largest absolute Gasteiger partial charge is 0.478 e. The van der Waals surface area contributed by atoms with Crippen LogP contribution in [0, 0.1) is 23.0 Å². The average molecular weight is 206 g/mol. The van der Waals surface area contributed by atoms with E-state index in [-0.39, 0.29) is 12.2 Å². The van der Waals surface area contributed by atoms with E-state index in [9.17, 15) is 4.79 Å². The second kappa shape index (κ2) is 4.16. The minimum atomic E-state index is -1.77. The number of carbonyl (C=O) groups is 1. The minimum absolute atomic E-state index is 0.137. The Morgan fingerprint density at radius 1 is 1.53 bits per heavy atom. The van der Waals surface area contributed by atoms with Crippen LogP contribution in [0.3, 0.4) is 0 Å². The van der Waals surface area contributed by atoms with Crippen LogP contribution in [0.2, 0.25) is 0 Å². The molecule has 1 unspecified atom stereocenters. The van der Waals surface area contributed by atoms with Gasteiger partial charge < -0.3 is 14.6 Å². The summed E-state index contributed by atoms with van der Waals surface area (Å²) in [6, 6.07) is 0. The minimum Gasteiger partial charge on any atom is -0.478 e.